The summed E-state index contributed by atoms with van der Waals surface area (Å²) < 4.78 is 13.4. The van der Waals surface area contributed by atoms with E-state index in [1.165, 1.54) is 10.4 Å². The van der Waals surface area contributed by atoms with Crippen molar-refractivity contribution in [3.63, 3.8) is 0 Å². The highest BCUT2D eigenvalue weighted by Gasteiger charge is 2.29. The molecular formula is C16H19FN2S. The molecule has 2 heterocycles. The summed E-state index contributed by atoms with van der Waals surface area (Å²) in [6.45, 7) is 7.39. The molecule has 0 spiro atoms. The highest BCUT2D eigenvalue weighted by molar-refractivity contribution is 7.11. The minimum Gasteiger partial charge on any atom is -0.288 e. The Morgan fingerprint density at radius 1 is 1.40 bits per heavy atom. The van der Waals surface area contributed by atoms with Gasteiger partial charge in [-0.2, -0.15) is 0 Å². The quantitative estimate of drug-likeness (QED) is 0.828. The van der Waals surface area contributed by atoms with Gasteiger partial charge in [-0.3, -0.25) is 4.90 Å². The van der Waals surface area contributed by atoms with E-state index >= 15 is 0 Å². The van der Waals surface area contributed by atoms with Crippen LogP contribution < -0.4 is 0 Å². The summed E-state index contributed by atoms with van der Waals surface area (Å²) in [5.74, 6) is -0.130. The van der Waals surface area contributed by atoms with Crippen LogP contribution in [0, 0.1) is 12.7 Å². The number of thiazole rings is 1. The molecule has 4 heteroatoms. The lowest BCUT2D eigenvalue weighted by atomic mass is 9.89. The second-order valence-corrected chi connectivity index (χ2v) is 6.91. The molecule has 20 heavy (non-hydrogen) atoms. The first-order valence-electron chi connectivity index (χ1n) is 7.00. The molecule has 0 unspecified atom stereocenters. The van der Waals surface area contributed by atoms with Crippen LogP contribution in [-0.2, 0) is 13.0 Å². The van der Waals surface area contributed by atoms with Gasteiger partial charge in [0.15, 0.2) is 0 Å². The topological polar surface area (TPSA) is 16.1 Å². The van der Waals surface area contributed by atoms with Gasteiger partial charge >= 0.3 is 0 Å². The van der Waals surface area contributed by atoms with Crippen molar-refractivity contribution in [3.05, 3.63) is 51.2 Å². The second kappa shape index (κ2) is 5.26. The predicted molar refractivity (Wildman–Crippen MR) is 80.4 cm³/mol. The smallest absolute Gasteiger partial charge is 0.123 e. The first-order chi connectivity index (χ1) is 9.54. The zero-order valence-corrected chi connectivity index (χ0v) is 12.9. The number of hydrogen-bond acceptors (Lipinski definition) is 3. The highest BCUT2D eigenvalue weighted by Crippen LogP contribution is 2.34. The van der Waals surface area contributed by atoms with Crippen molar-refractivity contribution in [2.45, 2.75) is 45.8 Å². The SMILES string of the molecule is Cc1ncc(CN2[C@@H](C)Cc3cc(F)ccc3[C@@H]2C)s1. The second-order valence-electron chi connectivity index (χ2n) is 5.59. The van der Waals surface area contributed by atoms with Crippen molar-refractivity contribution < 1.29 is 4.39 Å². The van der Waals surface area contributed by atoms with Crippen LogP contribution >= 0.6 is 11.3 Å². The minimum atomic E-state index is -0.130. The number of nitrogens with zero attached hydrogens (tertiary/aromatic N) is 2. The largest absolute Gasteiger partial charge is 0.288 e. The van der Waals surface area contributed by atoms with Gasteiger partial charge in [-0.1, -0.05) is 6.07 Å². The van der Waals surface area contributed by atoms with Crippen LogP contribution in [0.1, 0.15) is 40.9 Å². The molecule has 0 fully saturated rings. The van der Waals surface area contributed by atoms with E-state index in [2.05, 4.69) is 23.7 Å². The molecule has 0 N–H and O–H groups in total. The first kappa shape index (κ1) is 13.7. The molecule has 0 bridgehead atoms. The van der Waals surface area contributed by atoms with Crippen molar-refractivity contribution in [3.8, 4) is 0 Å². The maximum atomic E-state index is 13.4. The van der Waals surface area contributed by atoms with Gasteiger partial charge in [-0.25, -0.2) is 9.37 Å². The third-order valence-electron chi connectivity index (χ3n) is 4.14. The molecule has 0 saturated carbocycles. The zero-order chi connectivity index (χ0) is 14.3. The summed E-state index contributed by atoms with van der Waals surface area (Å²) in [4.78, 5) is 8.11. The molecular weight excluding hydrogens is 271 g/mol. The first-order valence-corrected chi connectivity index (χ1v) is 7.81. The minimum absolute atomic E-state index is 0.130. The van der Waals surface area contributed by atoms with Crippen LogP contribution in [0.25, 0.3) is 0 Å². The Labute approximate surface area is 123 Å². The molecule has 1 aromatic heterocycles. The number of benzene rings is 1. The Morgan fingerprint density at radius 3 is 2.90 bits per heavy atom. The Kier molecular flexibility index (Phi) is 3.61. The molecule has 1 aliphatic heterocycles. The van der Waals surface area contributed by atoms with Gasteiger partial charge < -0.3 is 0 Å². The summed E-state index contributed by atoms with van der Waals surface area (Å²) in [6, 6.07) is 5.93. The Morgan fingerprint density at radius 2 is 2.20 bits per heavy atom. The lowest BCUT2D eigenvalue weighted by molar-refractivity contribution is 0.130. The van der Waals surface area contributed by atoms with Crippen molar-refractivity contribution >= 4 is 11.3 Å². The van der Waals surface area contributed by atoms with E-state index in [0.717, 1.165) is 23.5 Å². The van der Waals surface area contributed by atoms with Gasteiger partial charge in [-0.15, -0.1) is 11.3 Å². The van der Waals surface area contributed by atoms with Gasteiger partial charge in [0.05, 0.1) is 5.01 Å². The van der Waals surface area contributed by atoms with Crippen LogP contribution in [0.5, 0.6) is 0 Å². The summed E-state index contributed by atoms with van der Waals surface area (Å²) in [7, 11) is 0. The van der Waals surface area contributed by atoms with Crippen molar-refractivity contribution in [2.24, 2.45) is 0 Å². The molecule has 0 radical (unpaired) electrons. The van der Waals surface area contributed by atoms with Crippen LogP contribution in [0.3, 0.4) is 0 Å². The van der Waals surface area contributed by atoms with Gasteiger partial charge in [0.1, 0.15) is 5.82 Å². The molecule has 0 saturated heterocycles. The summed E-state index contributed by atoms with van der Waals surface area (Å²) in [5, 5.41) is 1.11. The lowest BCUT2D eigenvalue weighted by Gasteiger charge is -2.40. The van der Waals surface area contributed by atoms with Crippen LogP contribution in [0.15, 0.2) is 24.4 Å². The van der Waals surface area contributed by atoms with Crippen molar-refractivity contribution in [2.75, 3.05) is 0 Å². The van der Waals surface area contributed by atoms with E-state index in [4.69, 9.17) is 0 Å². The number of aromatic nitrogens is 1. The molecule has 106 valence electrons. The van der Waals surface area contributed by atoms with Crippen LogP contribution in [0.4, 0.5) is 4.39 Å². The summed E-state index contributed by atoms with van der Waals surface area (Å²) >= 11 is 1.76. The fraction of sp³-hybridized carbons (Fsp3) is 0.438. The normalized spacial score (nSPS) is 22.8. The third kappa shape index (κ3) is 2.50. The van der Waals surface area contributed by atoms with Gasteiger partial charge in [0.25, 0.3) is 0 Å². The van der Waals surface area contributed by atoms with E-state index in [1.54, 1.807) is 23.5 Å². The van der Waals surface area contributed by atoms with E-state index in [1.807, 2.05) is 19.2 Å². The van der Waals surface area contributed by atoms with Crippen LogP contribution in [-0.4, -0.2) is 15.9 Å². The average Bonchev–Trinajstić information content (AvgIpc) is 2.80. The van der Waals surface area contributed by atoms with E-state index < -0.39 is 0 Å². The maximum Gasteiger partial charge on any atom is 0.123 e. The number of hydrogen-bond donors (Lipinski definition) is 0. The third-order valence-corrected chi connectivity index (χ3v) is 5.04. The average molecular weight is 290 g/mol. The molecule has 2 nitrogen and oxygen atoms in total. The fourth-order valence-electron chi connectivity index (χ4n) is 3.11. The number of aryl methyl sites for hydroxylation is 1. The van der Waals surface area contributed by atoms with Gasteiger partial charge in [-0.05, 0) is 50.5 Å². The standard InChI is InChI=1S/C16H19FN2S/c1-10-6-13-7-14(17)4-5-16(13)11(2)19(10)9-15-8-18-12(3)20-15/h4-5,7-8,10-11H,6,9H2,1-3H3/t10-,11-/m0/s1. The molecule has 0 aliphatic carbocycles. The summed E-state index contributed by atoms with van der Waals surface area (Å²) in [5.41, 5.74) is 2.41. The molecule has 3 rings (SSSR count). The highest BCUT2D eigenvalue weighted by atomic mass is 32.1. The lowest BCUT2D eigenvalue weighted by Crippen LogP contribution is -2.40. The Balaban J connectivity index is 1.88. The predicted octanol–water partition coefficient (Wildman–Crippen LogP) is 4.10. The number of rotatable bonds is 2. The molecule has 1 aliphatic rings. The van der Waals surface area contributed by atoms with E-state index in [9.17, 15) is 4.39 Å². The molecule has 1 aromatic carbocycles. The van der Waals surface area contributed by atoms with Gasteiger partial charge in [0, 0.05) is 29.7 Å². The maximum absolute atomic E-state index is 13.4. The van der Waals surface area contributed by atoms with Gasteiger partial charge in [0.2, 0.25) is 0 Å². The van der Waals surface area contributed by atoms with E-state index in [-0.39, 0.29) is 5.82 Å². The zero-order valence-electron chi connectivity index (χ0n) is 12.1. The van der Waals surface area contributed by atoms with Crippen molar-refractivity contribution in [1.82, 2.24) is 9.88 Å². The van der Waals surface area contributed by atoms with E-state index in [0.29, 0.717) is 12.1 Å². The molecule has 2 aromatic rings. The number of halogens is 1. The van der Waals surface area contributed by atoms with Crippen LogP contribution in [0.2, 0.25) is 0 Å². The van der Waals surface area contributed by atoms with Crippen molar-refractivity contribution in [1.29, 1.82) is 0 Å². The molecule has 2 atom stereocenters. The number of fused-ring (bicyclic) bond motifs is 1. The molecule has 0 amide bonds. The Bertz CT molecular complexity index is 623. The monoisotopic (exact) mass is 290 g/mol. The fourth-order valence-corrected chi connectivity index (χ4v) is 3.91. The summed E-state index contributed by atoms with van der Waals surface area (Å²) in [6.07, 6.45) is 2.88. The Hall–Kier alpha value is -1.26.